The van der Waals surface area contributed by atoms with Crippen molar-refractivity contribution in [2.75, 3.05) is 7.11 Å². The number of methoxy groups -OCH3 is 1. The Kier molecular flexibility index (Phi) is 7.54. The maximum Gasteiger partial charge on any atom is 0.253 e. The van der Waals surface area contributed by atoms with E-state index in [1.807, 2.05) is 51.1 Å². The third-order valence-electron chi connectivity index (χ3n) is 4.99. The summed E-state index contributed by atoms with van der Waals surface area (Å²) in [6.07, 6.45) is 0.843. The summed E-state index contributed by atoms with van der Waals surface area (Å²) in [5.41, 5.74) is 4.72. The summed E-state index contributed by atoms with van der Waals surface area (Å²) in [7, 11) is 1.59. The fraction of sp³-hybridized carbons (Fsp3) is 0.231. The van der Waals surface area contributed by atoms with Crippen molar-refractivity contribution in [3.63, 3.8) is 0 Å². The normalized spacial score (nSPS) is 10.7. The van der Waals surface area contributed by atoms with Gasteiger partial charge in [0.15, 0.2) is 0 Å². The smallest absolute Gasteiger partial charge is 0.253 e. The summed E-state index contributed by atoms with van der Waals surface area (Å²) in [6.45, 7) is 6.09. The van der Waals surface area contributed by atoms with Crippen molar-refractivity contribution in [3.05, 3.63) is 81.9 Å². The van der Waals surface area contributed by atoms with Gasteiger partial charge in [0, 0.05) is 17.7 Å². The Balaban J connectivity index is 1.82. The number of carbonyl (C=O) groups is 2. The van der Waals surface area contributed by atoms with Gasteiger partial charge in [-0.2, -0.15) is 0 Å². The predicted octanol–water partition coefficient (Wildman–Crippen LogP) is 5.85. The molecule has 0 aliphatic heterocycles. The highest BCUT2D eigenvalue weighted by molar-refractivity contribution is 6.34. The van der Waals surface area contributed by atoms with Crippen molar-refractivity contribution < 1.29 is 19.1 Å². The van der Waals surface area contributed by atoms with E-state index >= 15 is 0 Å². The van der Waals surface area contributed by atoms with E-state index in [1.54, 1.807) is 31.4 Å². The fourth-order valence-electron chi connectivity index (χ4n) is 3.40. The van der Waals surface area contributed by atoms with Gasteiger partial charge in [0.2, 0.25) is 0 Å². The lowest BCUT2D eigenvalue weighted by molar-refractivity contribution is 0.0950. The van der Waals surface area contributed by atoms with Crippen LogP contribution < -0.4 is 14.8 Å². The van der Waals surface area contributed by atoms with Crippen LogP contribution in [0.3, 0.4) is 0 Å². The number of aldehydes is 1. The van der Waals surface area contributed by atoms with E-state index in [-0.39, 0.29) is 18.6 Å². The van der Waals surface area contributed by atoms with Crippen LogP contribution in [-0.4, -0.2) is 25.4 Å². The Hall–Kier alpha value is -3.31. The van der Waals surface area contributed by atoms with E-state index in [1.165, 1.54) is 0 Å². The second-order valence-corrected chi connectivity index (χ2v) is 8.12. The zero-order chi connectivity index (χ0) is 23.3. The van der Waals surface area contributed by atoms with Crippen LogP contribution in [0, 0.1) is 6.92 Å². The Morgan fingerprint density at radius 3 is 2.53 bits per heavy atom. The molecule has 0 saturated carbocycles. The molecule has 166 valence electrons. The number of hydrogen-bond donors (Lipinski definition) is 1. The first kappa shape index (κ1) is 23.4. The lowest BCUT2D eigenvalue weighted by atomic mass is 9.96. The molecule has 0 atom stereocenters. The topological polar surface area (TPSA) is 64.6 Å². The maximum absolute atomic E-state index is 12.7. The third-order valence-corrected chi connectivity index (χ3v) is 5.30. The van der Waals surface area contributed by atoms with Gasteiger partial charge in [0.05, 0.1) is 23.8 Å². The van der Waals surface area contributed by atoms with Crippen molar-refractivity contribution in [1.82, 2.24) is 5.32 Å². The minimum Gasteiger partial charge on any atom is -0.496 e. The molecule has 0 aromatic heterocycles. The molecule has 3 aromatic rings. The molecule has 3 rings (SSSR count). The second kappa shape index (κ2) is 10.3. The van der Waals surface area contributed by atoms with E-state index in [0.29, 0.717) is 27.6 Å². The zero-order valence-corrected chi connectivity index (χ0v) is 19.3. The van der Waals surface area contributed by atoms with Gasteiger partial charge in [-0.25, -0.2) is 0 Å². The summed E-state index contributed by atoms with van der Waals surface area (Å²) in [6, 6.07) is 16.3. The SMILES string of the molecule is COc1ccc(-c2cc(C=O)ccc2C)cc1CNC(=O)c1ccc(OC(C)C)cc1Cl. The lowest BCUT2D eigenvalue weighted by Crippen LogP contribution is -2.23. The Labute approximate surface area is 193 Å². The molecule has 0 aliphatic rings. The number of benzene rings is 3. The average Bonchev–Trinajstić information content (AvgIpc) is 2.77. The molecule has 0 aliphatic carbocycles. The van der Waals surface area contributed by atoms with E-state index in [0.717, 1.165) is 28.5 Å². The molecule has 32 heavy (non-hydrogen) atoms. The zero-order valence-electron chi connectivity index (χ0n) is 18.6. The molecule has 1 N–H and O–H groups in total. The van der Waals surface area contributed by atoms with Crippen LogP contribution >= 0.6 is 11.6 Å². The molecule has 0 heterocycles. The van der Waals surface area contributed by atoms with Gasteiger partial charge < -0.3 is 14.8 Å². The standard InChI is InChI=1S/C26H26ClNO4/c1-16(2)32-21-8-9-22(24(27)13-21)26(30)28-14-20-12-19(7-10-25(20)31-4)23-11-18(15-29)6-5-17(23)3/h5-13,15-16H,14H2,1-4H3,(H,28,30). The van der Waals surface area contributed by atoms with Crippen molar-refractivity contribution in [3.8, 4) is 22.6 Å². The second-order valence-electron chi connectivity index (χ2n) is 7.71. The summed E-state index contributed by atoms with van der Waals surface area (Å²) >= 11 is 6.31. The van der Waals surface area contributed by atoms with Crippen molar-refractivity contribution >= 4 is 23.8 Å². The van der Waals surface area contributed by atoms with E-state index in [9.17, 15) is 9.59 Å². The number of halogens is 1. The van der Waals surface area contributed by atoms with Gasteiger partial charge in [-0.3, -0.25) is 9.59 Å². The van der Waals surface area contributed by atoms with Crippen LogP contribution in [0.5, 0.6) is 11.5 Å². The molecule has 0 unspecified atom stereocenters. The van der Waals surface area contributed by atoms with Gasteiger partial charge in [0.1, 0.15) is 17.8 Å². The summed E-state index contributed by atoms with van der Waals surface area (Å²) < 4.78 is 11.1. The number of hydrogen-bond acceptors (Lipinski definition) is 4. The molecule has 0 fully saturated rings. The number of ether oxygens (including phenoxy) is 2. The van der Waals surface area contributed by atoms with Gasteiger partial charge in [-0.1, -0.05) is 29.8 Å². The van der Waals surface area contributed by atoms with Gasteiger partial charge in [-0.15, -0.1) is 0 Å². The Bertz CT molecular complexity index is 1140. The molecule has 0 bridgehead atoms. The predicted molar refractivity (Wildman–Crippen MR) is 127 cm³/mol. The summed E-state index contributed by atoms with van der Waals surface area (Å²) in [4.78, 5) is 23.9. The first-order chi connectivity index (χ1) is 15.3. The number of nitrogens with one attached hydrogen (secondary N) is 1. The van der Waals surface area contributed by atoms with Crippen LogP contribution in [0.4, 0.5) is 0 Å². The number of amides is 1. The molecule has 0 saturated heterocycles. The highest BCUT2D eigenvalue weighted by Gasteiger charge is 2.14. The largest absolute Gasteiger partial charge is 0.496 e. The summed E-state index contributed by atoms with van der Waals surface area (Å²) in [5, 5.41) is 3.23. The number of carbonyl (C=O) groups excluding carboxylic acids is 2. The van der Waals surface area contributed by atoms with Crippen LogP contribution in [0.1, 0.15) is 45.7 Å². The first-order valence-corrected chi connectivity index (χ1v) is 10.7. The number of aryl methyl sites for hydroxylation is 1. The van der Waals surface area contributed by atoms with Crippen LogP contribution in [0.2, 0.25) is 5.02 Å². The van der Waals surface area contributed by atoms with Gasteiger partial charge in [-0.05, 0) is 73.9 Å². The molecular formula is C26H26ClNO4. The van der Waals surface area contributed by atoms with Crippen molar-refractivity contribution in [1.29, 1.82) is 0 Å². The average molecular weight is 452 g/mol. The molecule has 6 heteroatoms. The van der Waals surface area contributed by atoms with Crippen molar-refractivity contribution in [2.24, 2.45) is 0 Å². The minimum atomic E-state index is -0.294. The summed E-state index contributed by atoms with van der Waals surface area (Å²) in [5.74, 6) is 0.978. The van der Waals surface area contributed by atoms with Crippen LogP contribution in [-0.2, 0) is 6.54 Å². The lowest BCUT2D eigenvalue weighted by Gasteiger charge is -2.14. The molecular weight excluding hydrogens is 426 g/mol. The minimum absolute atomic E-state index is 0.0151. The molecule has 5 nitrogen and oxygen atoms in total. The molecule has 1 amide bonds. The van der Waals surface area contributed by atoms with Crippen molar-refractivity contribution in [2.45, 2.75) is 33.4 Å². The Morgan fingerprint density at radius 1 is 1.09 bits per heavy atom. The van der Waals surface area contributed by atoms with Gasteiger partial charge >= 0.3 is 0 Å². The third kappa shape index (κ3) is 5.48. The number of rotatable bonds is 8. The molecule has 3 aromatic carbocycles. The molecule has 0 spiro atoms. The highest BCUT2D eigenvalue weighted by Crippen LogP contribution is 2.30. The first-order valence-electron chi connectivity index (χ1n) is 10.3. The van der Waals surface area contributed by atoms with Crippen LogP contribution in [0.25, 0.3) is 11.1 Å². The van der Waals surface area contributed by atoms with Crippen LogP contribution in [0.15, 0.2) is 54.6 Å². The highest BCUT2D eigenvalue weighted by atomic mass is 35.5. The van der Waals surface area contributed by atoms with Gasteiger partial charge in [0.25, 0.3) is 5.91 Å². The maximum atomic E-state index is 12.7. The monoisotopic (exact) mass is 451 g/mol. The van der Waals surface area contributed by atoms with E-state index in [2.05, 4.69) is 5.32 Å². The van der Waals surface area contributed by atoms with E-state index < -0.39 is 0 Å². The van der Waals surface area contributed by atoms with E-state index in [4.69, 9.17) is 21.1 Å². The molecule has 0 radical (unpaired) electrons. The Morgan fingerprint density at radius 2 is 1.88 bits per heavy atom. The fourth-order valence-corrected chi connectivity index (χ4v) is 3.66. The quantitative estimate of drug-likeness (QED) is 0.436.